The topological polar surface area (TPSA) is 29.3 Å². The maximum absolute atomic E-state index is 13.1. The fourth-order valence-corrected chi connectivity index (χ4v) is 2.27. The lowest BCUT2D eigenvalue weighted by molar-refractivity contribution is 0.628. The zero-order chi connectivity index (χ0) is 14.2. The van der Waals surface area contributed by atoms with Gasteiger partial charge in [0.1, 0.15) is 5.82 Å². The summed E-state index contributed by atoms with van der Waals surface area (Å²) in [5, 5.41) is 0. The number of anilines is 3. The highest BCUT2D eigenvalue weighted by Crippen LogP contribution is 2.33. The first kappa shape index (κ1) is 13.4. The maximum Gasteiger partial charge on any atom is 0.125 e. The molecule has 2 nitrogen and oxygen atoms in total. The molecule has 0 aliphatic heterocycles. The molecule has 0 saturated heterocycles. The molecule has 0 heterocycles. The Labute approximate surface area is 113 Å². The van der Waals surface area contributed by atoms with Crippen molar-refractivity contribution in [2.75, 3.05) is 17.7 Å². The summed E-state index contributed by atoms with van der Waals surface area (Å²) < 4.78 is 13.1. The zero-order valence-electron chi connectivity index (χ0n) is 11.8. The van der Waals surface area contributed by atoms with Crippen LogP contribution in [0.4, 0.5) is 21.5 Å². The molecule has 100 valence electrons. The predicted molar refractivity (Wildman–Crippen MR) is 79.5 cm³/mol. The molecule has 0 aromatic heterocycles. The molecule has 0 fully saturated rings. The molecule has 0 aliphatic carbocycles. The third-order valence-electron chi connectivity index (χ3n) is 3.74. The quantitative estimate of drug-likeness (QED) is 0.822. The van der Waals surface area contributed by atoms with Crippen LogP contribution in [-0.4, -0.2) is 7.05 Å². The van der Waals surface area contributed by atoms with E-state index in [0.717, 1.165) is 11.4 Å². The van der Waals surface area contributed by atoms with Crippen molar-refractivity contribution in [2.45, 2.75) is 20.8 Å². The molecule has 2 aromatic carbocycles. The van der Waals surface area contributed by atoms with Gasteiger partial charge in [0.15, 0.2) is 0 Å². The largest absolute Gasteiger partial charge is 0.397 e. The van der Waals surface area contributed by atoms with Gasteiger partial charge in [0, 0.05) is 12.7 Å². The van der Waals surface area contributed by atoms with Crippen molar-refractivity contribution < 1.29 is 4.39 Å². The van der Waals surface area contributed by atoms with Gasteiger partial charge in [-0.1, -0.05) is 6.07 Å². The second kappa shape index (κ2) is 4.92. The van der Waals surface area contributed by atoms with Gasteiger partial charge in [0.05, 0.1) is 11.4 Å². The molecule has 2 N–H and O–H groups in total. The molecule has 3 heteroatoms. The second-order valence-corrected chi connectivity index (χ2v) is 4.91. The molecule has 0 radical (unpaired) electrons. The Morgan fingerprint density at radius 2 is 1.58 bits per heavy atom. The lowest BCUT2D eigenvalue weighted by Gasteiger charge is -2.24. The summed E-state index contributed by atoms with van der Waals surface area (Å²) in [7, 11) is 1.95. The molecule has 0 saturated carbocycles. The summed E-state index contributed by atoms with van der Waals surface area (Å²) in [6.07, 6.45) is 0. The summed E-state index contributed by atoms with van der Waals surface area (Å²) in [6.45, 7) is 6.29. The van der Waals surface area contributed by atoms with E-state index in [1.807, 2.05) is 11.9 Å². The molecule has 0 aliphatic rings. The number of halogens is 1. The summed E-state index contributed by atoms with van der Waals surface area (Å²) in [5.74, 6) is -0.313. The zero-order valence-corrected chi connectivity index (χ0v) is 11.8. The molecule has 0 bridgehead atoms. The maximum atomic E-state index is 13.1. The first-order valence-electron chi connectivity index (χ1n) is 6.27. The van der Waals surface area contributed by atoms with Crippen molar-refractivity contribution in [1.82, 2.24) is 0 Å². The van der Waals surface area contributed by atoms with Gasteiger partial charge in [-0.15, -0.1) is 0 Å². The fraction of sp³-hybridized carbons (Fsp3) is 0.250. The van der Waals surface area contributed by atoms with E-state index in [9.17, 15) is 4.39 Å². The third kappa shape index (κ3) is 2.41. The van der Waals surface area contributed by atoms with Crippen LogP contribution in [0.3, 0.4) is 0 Å². The number of aryl methyl sites for hydroxylation is 1. The number of benzene rings is 2. The van der Waals surface area contributed by atoms with E-state index in [1.54, 1.807) is 6.07 Å². The van der Waals surface area contributed by atoms with E-state index < -0.39 is 0 Å². The minimum absolute atomic E-state index is 0.313. The number of nitrogen functional groups attached to an aromatic ring is 1. The lowest BCUT2D eigenvalue weighted by Crippen LogP contribution is -2.13. The van der Waals surface area contributed by atoms with Crippen molar-refractivity contribution in [3.05, 3.63) is 52.8 Å². The van der Waals surface area contributed by atoms with E-state index in [1.165, 1.54) is 28.8 Å². The fourth-order valence-electron chi connectivity index (χ4n) is 2.27. The van der Waals surface area contributed by atoms with Crippen molar-refractivity contribution in [3.8, 4) is 0 Å². The summed E-state index contributed by atoms with van der Waals surface area (Å²) in [6, 6.07) is 8.65. The van der Waals surface area contributed by atoms with Crippen LogP contribution in [0, 0.1) is 26.6 Å². The minimum atomic E-state index is -0.313. The van der Waals surface area contributed by atoms with Crippen LogP contribution in [0.25, 0.3) is 0 Å². The van der Waals surface area contributed by atoms with Crippen molar-refractivity contribution >= 4 is 17.1 Å². The summed E-state index contributed by atoms with van der Waals surface area (Å²) >= 11 is 0. The molecular formula is C16H19FN2. The van der Waals surface area contributed by atoms with Gasteiger partial charge in [-0.25, -0.2) is 4.39 Å². The van der Waals surface area contributed by atoms with Gasteiger partial charge in [0.25, 0.3) is 0 Å². The van der Waals surface area contributed by atoms with Gasteiger partial charge in [-0.3, -0.25) is 0 Å². The van der Waals surface area contributed by atoms with E-state index in [2.05, 4.69) is 32.9 Å². The van der Waals surface area contributed by atoms with E-state index in [4.69, 9.17) is 5.73 Å². The summed E-state index contributed by atoms with van der Waals surface area (Å²) in [5.41, 5.74) is 12.0. The molecule has 19 heavy (non-hydrogen) atoms. The Bertz CT molecular complexity index is 620. The average Bonchev–Trinajstić information content (AvgIpc) is 2.35. The van der Waals surface area contributed by atoms with Gasteiger partial charge < -0.3 is 10.6 Å². The van der Waals surface area contributed by atoms with Crippen LogP contribution in [0.1, 0.15) is 16.7 Å². The van der Waals surface area contributed by atoms with Gasteiger partial charge in [0.2, 0.25) is 0 Å². The molecular weight excluding hydrogens is 239 g/mol. The number of nitrogens with zero attached hydrogens (tertiary/aromatic N) is 1. The SMILES string of the molecule is Cc1ccc(N(C)c2ccc(F)cc2N)c(C)c1C. The lowest BCUT2D eigenvalue weighted by atomic mass is 10.0. The minimum Gasteiger partial charge on any atom is -0.397 e. The molecule has 0 spiro atoms. The average molecular weight is 258 g/mol. The van der Waals surface area contributed by atoms with Crippen molar-refractivity contribution in [2.24, 2.45) is 0 Å². The van der Waals surface area contributed by atoms with Crippen LogP contribution in [0.15, 0.2) is 30.3 Å². The van der Waals surface area contributed by atoms with Gasteiger partial charge in [-0.05, 0) is 61.7 Å². The van der Waals surface area contributed by atoms with E-state index >= 15 is 0 Å². The summed E-state index contributed by atoms with van der Waals surface area (Å²) in [4.78, 5) is 2.00. The Kier molecular flexibility index (Phi) is 3.47. The van der Waals surface area contributed by atoms with Crippen LogP contribution in [0.2, 0.25) is 0 Å². The number of nitrogens with two attached hydrogens (primary N) is 1. The predicted octanol–water partition coefficient (Wildman–Crippen LogP) is 4.10. The highest BCUT2D eigenvalue weighted by molar-refractivity contribution is 5.76. The van der Waals surface area contributed by atoms with Gasteiger partial charge >= 0.3 is 0 Å². The van der Waals surface area contributed by atoms with Crippen molar-refractivity contribution in [1.29, 1.82) is 0 Å². The van der Waals surface area contributed by atoms with Crippen LogP contribution < -0.4 is 10.6 Å². The third-order valence-corrected chi connectivity index (χ3v) is 3.74. The standard InChI is InChI=1S/C16H19FN2/c1-10-5-7-15(12(3)11(10)2)19(4)16-8-6-13(17)9-14(16)18/h5-9H,18H2,1-4H3. The first-order chi connectivity index (χ1) is 8.91. The monoisotopic (exact) mass is 258 g/mol. The van der Waals surface area contributed by atoms with E-state index in [-0.39, 0.29) is 5.82 Å². The molecule has 2 rings (SSSR count). The Balaban J connectivity index is 2.50. The van der Waals surface area contributed by atoms with E-state index in [0.29, 0.717) is 5.69 Å². The smallest absolute Gasteiger partial charge is 0.125 e. The number of hydrogen-bond donors (Lipinski definition) is 1. The molecule has 0 amide bonds. The normalized spacial score (nSPS) is 10.6. The Hall–Kier alpha value is -2.03. The molecule has 2 aromatic rings. The Morgan fingerprint density at radius 1 is 0.947 bits per heavy atom. The van der Waals surface area contributed by atoms with Crippen LogP contribution in [-0.2, 0) is 0 Å². The van der Waals surface area contributed by atoms with Crippen LogP contribution >= 0.6 is 0 Å². The highest BCUT2D eigenvalue weighted by Gasteiger charge is 2.12. The molecule has 0 unspecified atom stereocenters. The van der Waals surface area contributed by atoms with Crippen LogP contribution in [0.5, 0.6) is 0 Å². The van der Waals surface area contributed by atoms with Crippen molar-refractivity contribution in [3.63, 3.8) is 0 Å². The number of rotatable bonds is 2. The first-order valence-corrected chi connectivity index (χ1v) is 6.27. The molecule has 0 atom stereocenters. The Morgan fingerprint density at radius 3 is 2.21 bits per heavy atom. The number of hydrogen-bond acceptors (Lipinski definition) is 2. The highest BCUT2D eigenvalue weighted by atomic mass is 19.1. The second-order valence-electron chi connectivity index (χ2n) is 4.91. The van der Waals surface area contributed by atoms with Gasteiger partial charge in [-0.2, -0.15) is 0 Å².